The minimum Gasteiger partial charge on any atom is -0.416 e. The molecule has 0 aliphatic carbocycles. The fraction of sp³-hybridized carbons (Fsp3) is 1.00. The summed E-state index contributed by atoms with van der Waals surface area (Å²) in [5.41, 5.74) is 0. The Kier molecular flexibility index (Phi) is 16.2. The van der Waals surface area contributed by atoms with E-state index >= 15 is 0 Å². The normalized spacial score (nSPS) is 12.7. The SMILES string of the molecule is CCCO[Si](CCC)(CCC)CSC[Si](CCC)(CCC)OCCC. The summed E-state index contributed by atoms with van der Waals surface area (Å²) in [5, 5.41) is 2.57. The molecule has 0 aromatic heterocycles. The lowest BCUT2D eigenvalue weighted by Gasteiger charge is -2.34. The van der Waals surface area contributed by atoms with Crippen molar-refractivity contribution >= 4 is 28.4 Å². The van der Waals surface area contributed by atoms with Crippen molar-refractivity contribution in [2.45, 2.75) is 104 Å². The summed E-state index contributed by atoms with van der Waals surface area (Å²) >= 11 is 2.20. The summed E-state index contributed by atoms with van der Waals surface area (Å²) in [4.78, 5) is 0. The van der Waals surface area contributed by atoms with Gasteiger partial charge in [-0.2, -0.15) is 11.8 Å². The minimum atomic E-state index is -1.56. The molecule has 5 heteroatoms. The minimum absolute atomic E-state index is 0.964. The van der Waals surface area contributed by atoms with Crippen LogP contribution < -0.4 is 0 Å². The van der Waals surface area contributed by atoms with Crippen LogP contribution >= 0.6 is 11.8 Å². The lowest BCUT2D eigenvalue weighted by Crippen LogP contribution is -2.45. The van der Waals surface area contributed by atoms with Crippen LogP contribution in [-0.4, -0.2) is 40.6 Å². The van der Waals surface area contributed by atoms with E-state index in [1.807, 2.05) is 0 Å². The largest absolute Gasteiger partial charge is 0.416 e. The summed E-state index contributed by atoms with van der Waals surface area (Å²) in [6.45, 7) is 15.7. The third-order valence-corrected chi connectivity index (χ3v) is 17.9. The van der Waals surface area contributed by atoms with Crippen molar-refractivity contribution in [3.63, 3.8) is 0 Å². The van der Waals surface area contributed by atoms with Gasteiger partial charge >= 0.3 is 0 Å². The van der Waals surface area contributed by atoms with Crippen molar-refractivity contribution in [3.8, 4) is 0 Å². The molecule has 0 bridgehead atoms. The van der Waals surface area contributed by atoms with Gasteiger partial charge in [-0.25, -0.2) is 0 Å². The van der Waals surface area contributed by atoms with E-state index in [0.717, 1.165) is 26.1 Å². The first-order valence-electron chi connectivity index (χ1n) is 10.9. The Hall–Kier alpha value is 0.704. The summed E-state index contributed by atoms with van der Waals surface area (Å²) in [5.74, 6) is 0. The van der Waals surface area contributed by atoms with Crippen molar-refractivity contribution < 1.29 is 8.85 Å². The van der Waals surface area contributed by atoms with Crippen LogP contribution in [0.1, 0.15) is 80.1 Å². The maximum absolute atomic E-state index is 6.57. The van der Waals surface area contributed by atoms with Crippen LogP contribution in [0.15, 0.2) is 0 Å². The molecule has 0 amide bonds. The molecule has 0 spiro atoms. The molecular formula is C20H46O2SSi2. The van der Waals surface area contributed by atoms with Crippen molar-refractivity contribution in [1.82, 2.24) is 0 Å². The average Bonchev–Trinajstić information content (AvgIpc) is 2.59. The van der Waals surface area contributed by atoms with Crippen molar-refractivity contribution in [2.24, 2.45) is 0 Å². The molecule has 0 aromatic rings. The number of hydrogen-bond acceptors (Lipinski definition) is 3. The molecule has 0 aliphatic rings. The zero-order chi connectivity index (χ0) is 19.0. The highest BCUT2D eigenvalue weighted by molar-refractivity contribution is 8.02. The quantitative estimate of drug-likeness (QED) is 0.224. The standard InChI is InChI=1S/C20H46O2SSi2/c1-7-13-21-24(15-9-3,16-10-4)19-23-20-25(17-11-5,18-12-6)22-14-8-2/h7-20H2,1-6H3. The third-order valence-electron chi connectivity index (χ3n) is 4.78. The Morgan fingerprint density at radius 3 is 1.08 bits per heavy atom. The lowest BCUT2D eigenvalue weighted by atomic mass is 10.5. The van der Waals surface area contributed by atoms with E-state index in [1.54, 1.807) is 0 Å². The molecule has 0 saturated heterocycles. The molecule has 0 heterocycles. The van der Waals surface area contributed by atoms with Crippen molar-refractivity contribution in [3.05, 3.63) is 0 Å². The highest BCUT2D eigenvalue weighted by Gasteiger charge is 2.37. The fourth-order valence-corrected chi connectivity index (χ4v) is 17.1. The van der Waals surface area contributed by atoms with Gasteiger partial charge in [0.1, 0.15) is 0 Å². The van der Waals surface area contributed by atoms with E-state index in [1.165, 1.54) is 60.6 Å². The second kappa shape index (κ2) is 15.7. The van der Waals surface area contributed by atoms with Gasteiger partial charge in [0.2, 0.25) is 16.6 Å². The average molecular weight is 407 g/mol. The molecular weight excluding hydrogens is 360 g/mol. The van der Waals surface area contributed by atoms with Crippen molar-refractivity contribution in [2.75, 3.05) is 24.0 Å². The first-order chi connectivity index (χ1) is 12.1. The van der Waals surface area contributed by atoms with Gasteiger partial charge in [0, 0.05) is 24.0 Å². The van der Waals surface area contributed by atoms with Gasteiger partial charge in [0.15, 0.2) is 0 Å². The lowest BCUT2D eigenvalue weighted by molar-refractivity contribution is 0.299. The highest BCUT2D eigenvalue weighted by Crippen LogP contribution is 2.31. The van der Waals surface area contributed by atoms with Gasteiger partial charge in [-0.3, -0.25) is 0 Å². The topological polar surface area (TPSA) is 18.5 Å². The fourth-order valence-electron chi connectivity index (χ4n) is 3.79. The molecule has 152 valence electrons. The molecule has 25 heavy (non-hydrogen) atoms. The van der Waals surface area contributed by atoms with Gasteiger partial charge < -0.3 is 8.85 Å². The van der Waals surface area contributed by atoms with Crippen LogP contribution in [0.2, 0.25) is 24.2 Å². The molecule has 0 saturated carbocycles. The Balaban J connectivity index is 4.93. The number of rotatable bonds is 18. The Morgan fingerprint density at radius 1 is 0.520 bits per heavy atom. The second-order valence-corrected chi connectivity index (χ2v) is 17.6. The van der Waals surface area contributed by atoms with Gasteiger partial charge in [-0.1, -0.05) is 67.2 Å². The predicted octanol–water partition coefficient (Wildman–Crippen LogP) is 7.18. The van der Waals surface area contributed by atoms with Gasteiger partial charge in [-0.15, -0.1) is 0 Å². The molecule has 0 fully saturated rings. The van der Waals surface area contributed by atoms with E-state index in [9.17, 15) is 0 Å². The highest BCUT2D eigenvalue weighted by atomic mass is 32.2. The first-order valence-corrected chi connectivity index (χ1v) is 17.1. The number of hydrogen-bond donors (Lipinski definition) is 0. The molecule has 0 aromatic carbocycles. The van der Waals surface area contributed by atoms with E-state index in [0.29, 0.717) is 0 Å². The molecule has 0 N–H and O–H groups in total. The maximum Gasteiger partial charge on any atom is 0.202 e. The molecule has 0 rings (SSSR count). The van der Waals surface area contributed by atoms with Crippen molar-refractivity contribution in [1.29, 1.82) is 0 Å². The van der Waals surface area contributed by atoms with E-state index in [-0.39, 0.29) is 0 Å². The van der Waals surface area contributed by atoms with Crippen LogP contribution in [0.3, 0.4) is 0 Å². The van der Waals surface area contributed by atoms with Crippen LogP contribution in [0.5, 0.6) is 0 Å². The monoisotopic (exact) mass is 406 g/mol. The van der Waals surface area contributed by atoms with E-state index < -0.39 is 16.6 Å². The molecule has 0 radical (unpaired) electrons. The summed E-state index contributed by atoms with van der Waals surface area (Å²) < 4.78 is 13.1. The van der Waals surface area contributed by atoms with E-state index in [2.05, 4.69) is 53.3 Å². The van der Waals surface area contributed by atoms with E-state index in [4.69, 9.17) is 8.85 Å². The summed E-state index contributed by atoms with van der Waals surface area (Å²) in [6, 6.07) is 5.33. The second-order valence-electron chi connectivity index (χ2n) is 7.56. The van der Waals surface area contributed by atoms with Gasteiger partial charge in [0.25, 0.3) is 0 Å². The zero-order valence-electron chi connectivity index (χ0n) is 18.1. The Bertz CT molecular complexity index is 263. The van der Waals surface area contributed by atoms with Crippen LogP contribution in [-0.2, 0) is 8.85 Å². The van der Waals surface area contributed by atoms with Gasteiger partial charge in [-0.05, 0) is 37.0 Å². The summed E-state index contributed by atoms with van der Waals surface area (Å²) in [6.07, 6.45) is 7.39. The summed E-state index contributed by atoms with van der Waals surface area (Å²) in [7, 11) is -3.13. The Labute approximate surface area is 165 Å². The van der Waals surface area contributed by atoms with Crippen LogP contribution in [0.4, 0.5) is 0 Å². The first kappa shape index (κ1) is 25.7. The van der Waals surface area contributed by atoms with Crippen LogP contribution in [0.25, 0.3) is 0 Å². The van der Waals surface area contributed by atoms with Gasteiger partial charge in [0.05, 0.1) is 0 Å². The van der Waals surface area contributed by atoms with Crippen LogP contribution in [0, 0.1) is 0 Å². The zero-order valence-corrected chi connectivity index (χ0v) is 20.9. The Morgan fingerprint density at radius 2 is 0.840 bits per heavy atom. The maximum atomic E-state index is 6.57. The molecule has 0 atom stereocenters. The molecule has 0 unspecified atom stereocenters. The molecule has 2 nitrogen and oxygen atoms in total. The predicted molar refractivity (Wildman–Crippen MR) is 122 cm³/mol. The molecule has 0 aliphatic heterocycles. The third kappa shape index (κ3) is 10.6. The number of thioether (sulfide) groups is 1. The smallest absolute Gasteiger partial charge is 0.202 e.